The first-order valence-electron chi connectivity index (χ1n) is 32.7. The number of hydrogen-bond donors (Lipinski definition) is 13. The number of hydrogen-bond acceptors (Lipinski definition) is 47. The summed E-state index contributed by atoms with van der Waals surface area (Å²) in [5.74, 6) is -5.53. The number of imidazole rings is 2. The SMILES string of the molecule is C/C(=C\C(=O)SCCNC(=O)CCNC(=O)C(O)C(C)(C)COP(=O)([O-])OP(=O)([O-])OCC1OC(n2cnc3c(N)ncnc32)C(O)C1OP(=O)([O-])[O-])CC(=O)O.CC(C)(COP(=O)([O-])OP(=O)([O-])OCC1OC(n2cnc3c(N)ncnc32)C(O)C1OP(=O)([O-])[O-])C(O)C(=O)NCCC(=O)NCCSC(=O)C[C@@](C)(O)CC(=O)O.O. The van der Waals surface area contributed by atoms with Crippen LogP contribution in [0.25, 0.3) is 22.3 Å². The predicted molar refractivity (Wildman–Crippen MR) is 374 cm³/mol. The van der Waals surface area contributed by atoms with Gasteiger partial charge in [-0.15, -0.1) is 0 Å². The molecule has 656 valence electrons. The number of aliphatic hydroxyl groups is 5. The molecule has 0 radical (unpaired) electrons. The topological polar surface area (TPSA) is 876 Å². The van der Waals surface area contributed by atoms with Crippen molar-refractivity contribution in [3.05, 3.63) is 37.0 Å². The number of nitrogen functional groups attached to an aromatic ring is 2. The summed E-state index contributed by atoms with van der Waals surface area (Å²) in [5, 5.41) is 78.6. The van der Waals surface area contributed by atoms with E-state index in [4.69, 9.17) is 31.2 Å². The van der Waals surface area contributed by atoms with Gasteiger partial charge in [0.1, 0.15) is 72.5 Å². The highest BCUT2D eigenvalue weighted by Crippen LogP contribution is 2.58. The normalized spacial score (nSPS) is 21.9. The smallest absolute Gasteiger partial charge is 0.307 e. The Hall–Kier alpha value is -6.28. The van der Waals surface area contributed by atoms with Crippen LogP contribution in [-0.4, -0.2) is 245 Å². The number of carbonyl (C=O) groups is 8. The van der Waals surface area contributed by atoms with Crippen molar-refractivity contribution in [1.82, 2.24) is 60.3 Å². The molecule has 6 rings (SSSR count). The summed E-state index contributed by atoms with van der Waals surface area (Å²) in [6.45, 7) is 2.18. The monoisotopic (exact) mass is 1810 g/mol. The summed E-state index contributed by atoms with van der Waals surface area (Å²) >= 11 is 1.60. The van der Waals surface area contributed by atoms with Gasteiger partial charge in [0.2, 0.25) is 28.7 Å². The molecule has 0 saturated carbocycles. The summed E-state index contributed by atoms with van der Waals surface area (Å²) in [4.78, 5) is 213. The van der Waals surface area contributed by atoms with Crippen LogP contribution in [0.3, 0.4) is 0 Å². The average Bonchev–Trinajstić information content (AvgIpc) is 1.62. The van der Waals surface area contributed by atoms with Crippen molar-refractivity contribution in [1.29, 1.82) is 0 Å². The van der Waals surface area contributed by atoms with E-state index in [9.17, 15) is 130 Å². The Morgan fingerprint density at radius 2 is 0.957 bits per heavy atom. The van der Waals surface area contributed by atoms with Crippen molar-refractivity contribution in [2.45, 2.75) is 141 Å². The number of nitrogens with one attached hydrogen (secondary N) is 4. The van der Waals surface area contributed by atoms with Crippen molar-refractivity contribution in [2.75, 3.05) is 75.6 Å². The average molecular weight is 1820 g/mol. The second-order valence-electron chi connectivity index (χ2n) is 26.2. The number of aliphatic carboxylic acids is 2. The number of ether oxygens (including phenoxy) is 2. The van der Waals surface area contributed by atoms with Crippen LogP contribution in [-0.2, 0) is 111 Å². The maximum absolute atomic E-state index is 12.5. The fraction of sp³-hybridized carbons (Fsp3) is 0.630. The van der Waals surface area contributed by atoms with Crippen LogP contribution in [0.1, 0.15) is 86.1 Å². The van der Waals surface area contributed by atoms with Crippen LogP contribution < -0.4 is 71.9 Å². The number of carbonyl (C=O) groups excluding carboxylic acids is 6. The summed E-state index contributed by atoms with van der Waals surface area (Å²) in [6.07, 6.45) is -15.8. The number of nitrogens with two attached hydrogens (primary N) is 2. The van der Waals surface area contributed by atoms with Gasteiger partial charge in [0.05, 0.1) is 73.2 Å². The summed E-state index contributed by atoms with van der Waals surface area (Å²) in [5.41, 5.74) is 6.60. The molecule has 14 unspecified atom stereocenters. The number of carboxylic acid groups (broad SMARTS) is 2. The third-order valence-corrected chi connectivity index (χ3v) is 23.0. The molecule has 0 aromatic carbocycles. The second kappa shape index (κ2) is 43.3. The van der Waals surface area contributed by atoms with Crippen LogP contribution in [0.15, 0.2) is 37.0 Å². The first-order valence-corrected chi connectivity index (χ1v) is 43.5. The van der Waals surface area contributed by atoms with Gasteiger partial charge < -0.3 is 159 Å². The van der Waals surface area contributed by atoms with Gasteiger partial charge in [0, 0.05) is 67.8 Å². The largest absolute Gasteiger partial charge is 0.790 e. The molecule has 17 N–H and O–H groups in total. The minimum atomic E-state index is -5.94. The predicted octanol–water partition coefficient (Wildman–Crippen LogP) is -8.51. The molecule has 0 aliphatic carbocycles. The molecule has 15 atom stereocenters. The van der Waals surface area contributed by atoms with Crippen molar-refractivity contribution in [3.8, 4) is 0 Å². The van der Waals surface area contributed by atoms with E-state index >= 15 is 0 Å². The molecular weight excluding hydrogens is 1730 g/mol. The highest BCUT2D eigenvalue weighted by atomic mass is 32.2. The fourth-order valence-electron chi connectivity index (χ4n) is 9.81. The molecule has 4 aromatic rings. The van der Waals surface area contributed by atoms with Crippen LogP contribution >= 0.6 is 70.5 Å². The van der Waals surface area contributed by atoms with Gasteiger partial charge in [-0.05, 0) is 19.9 Å². The van der Waals surface area contributed by atoms with Crippen molar-refractivity contribution in [2.24, 2.45) is 10.8 Å². The third kappa shape index (κ3) is 33.4. The Balaban J connectivity index is 0.000000484. The number of aliphatic hydroxyl groups excluding tert-OH is 4. The number of carboxylic acids is 2. The number of rotatable bonds is 45. The molecule has 4 aromatic heterocycles. The first-order chi connectivity index (χ1) is 52.9. The summed E-state index contributed by atoms with van der Waals surface area (Å²) < 4.78 is 121. The number of thioether (sulfide) groups is 2. The Morgan fingerprint density at radius 3 is 1.33 bits per heavy atom. The van der Waals surface area contributed by atoms with Gasteiger partial charge in [-0.25, -0.2) is 38.5 Å². The van der Waals surface area contributed by atoms with E-state index < -0.39 is 210 Å². The molecular formula is C54H80N14O40P6S2-8. The van der Waals surface area contributed by atoms with Crippen molar-refractivity contribution < 1.29 is 191 Å². The van der Waals surface area contributed by atoms with E-state index in [-0.39, 0.29) is 96.4 Å². The first kappa shape index (κ1) is 102. The molecule has 2 aliphatic rings. The number of amides is 4. The maximum atomic E-state index is 12.5. The lowest BCUT2D eigenvalue weighted by Gasteiger charge is -2.36. The lowest BCUT2D eigenvalue weighted by molar-refractivity contribution is -0.348. The van der Waals surface area contributed by atoms with E-state index in [0.717, 1.165) is 71.8 Å². The lowest BCUT2D eigenvalue weighted by Crippen LogP contribution is -2.46. The van der Waals surface area contributed by atoms with Gasteiger partial charge in [0.15, 0.2) is 40.5 Å². The highest BCUT2D eigenvalue weighted by Gasteiger charge is 2.50. The molecule has 54 nitrogen and oxygen atoms in total. The molecule has 62 heteroatoms. The van der Waals surface area contributed by atoms with Crippen molar-refractivity contribution in [3.63, 3.8) is 0 Å². The molecule has 4 amide bonds. The van der Waals surface area contributed by atoms with Gasteiger partial charge >= 0.3 is 11.9 Å². The van der Waals surface area contributed by atoms with E-state index in [1.54, 1.807) is 0 Å². The third-order valence-electron chi connectivity index (χ3n) is 15.3. The van der Waals surface area contributed by atoms with Gasteiger partial charge in [-0.3, -0.25) is 65.8 Å². The second-order valence-corrected chi connectivity index (χ2v) is 36.5. The molecule has 6 heterocycles. The highest BCUT2D eigenvalue weighted by molar-refractivity contribution is 8.14. The molecule has 2 saturated heterocycles. The number of phosphoric ester groups is 6. The van der Waals surface area contributed by atoms with E-state index in [0.29, 0.717) is 5.57 Å². The molecule has 0 bridgehead atoms. The van der Waals surface area contributed by atoms with Gasteiger partial charge in [-0.2, -0.15) is 0 Å². The standard InChI is InChI=1S/C27H44N7O20P3S.C27H42N7O19P3S.H2O/c1-26(2,21(40)24(41)30-5-4-15(35)29-6-7-58-17(38)9-27(3,42)8-16(36)37)11-51-57(48,49)54-56(46,47)50-10-14-20(53-55(43,44)45)19(39)25(52-14)34-13-33-18-22(28)31-12-32-23(18)34;1-14(8-17(36)37)9-18(38)57-7-6-29-16(35)4-5-30-25(41)22(40)27(2,3)11-50-56(47,48)53-55(45,46)49-10-15-21(52-54(42,43)44)20(39)26(51-15)34-13-33-19-23(28)31-12-32-24(19)34;/h12-14,19-21,25,39-40,42H,4-11H2,1-3H3,(H,29,35)(H,30,41)(H,36,37)(H,46,47)(H,48,49)(H2,28,31,32)(H2,43,44,45);9,12-13,15,20-22,26,39-40H,4-8,10-11H2,1-3H3,(H,29,35)(H,30,41)(H,36,37)(H,45,46)(H,47,48)(H2,28,31,32)(H2,42,43,44);1H2/p-8/b;14-9+;/t14?,19?,20?,21?,25?,27-;;/m0../s1. The zero-order valence-electron chi connectivity index (χ0n) is 61.2. The minimum absolute atomic E-state index is 0. The number of phosphoric acid groups is 6. The molecule has 2 fully saturated rings. The Bertz CT molecular complexity index is 4460. The Labute approximate surface area is 663 Å². The maximum Gasteiger partial charge on any atom is 0.307 e. The Morgan fingerprint density at radius 1 is 0.578 bits per heavy atom. The van der Waals surface area contributed by atoms with E-state index in [1.165, 1.54) is 33.8 Å². The Kier molecular flexibility index (Phi) is 38.1. The van der Waals surface area contributed by atoms with E-state index in [2.05, 4.69) is 86.9 Å². The van der Waals surface area contributed by atoms with Crippen LogP contribution in [0.2, 0.25) is 0 Å². The number of anilines is 2. The summed E-state index contributed by atoms with van der Waals surface area (Å²) in [7, 11) is -35.3. The summed E-state index contributed by atoms with van der Waals surface area (Å²) in [6, 6.07) is 0. The van der Waals surface area contributed by atoms with Gasteiger partial charge in [-0.1, -0.05) is 56.8 Å². The van der Waals surface area contributed by atoms with Crippen LogP contribution in [0.5, 0.6) is 0 Å². The quantitative estimate of drug-likeness (QED) is 0.0111. The molecule has 0 spiro atoms. The zero-order chi connectivity index (χ0) is 86.8. The number of nitrogens with zero attached hydrogens (tertiary/aromatic N) is 8. The lowest BCUT2D eigenvalue weighted by atomic mass is 9.87. The van der Waals surface area contributed by atoms with Crippen molar-refractivity contribution >= 4 is 150 Å². The number of fused-ring (bicyclic) bond motifs is 2. The van der Waals surface area contributed by atoms with E-state index in [1.807, 2.05) is 0 Å². The zero-order valence-corrected chi connectivity index (χ0v) is 68.2. The minimum Gasteiger partial charge on any atom is -0.790 e. The number of aromatic nitrogens is 8. The van der Waals surface area contributed by atoms with Crippen LogP contribution in [0, 0.1) is 10.8 Å². The molecule has 116 heavy (non-hydrogen) atoms. The molecule has 2 aliphatic heterocycles. The van der Waals surface area contributed by atoms with Crippen LogP contribution in [0.4, 0.5) is 11.6 Å². The fourth-order valence-corrected chi connectivity index (χ4v) is 16.8. The van der Waals surface area contributed by atoms with Gasteiger partial charge in [0.25, 0.3) is 31.3 Å².